The fraction of sp³-hybridized carbons (Fsp3) is 0.304. The summed E-state index contributed by atoms with van der Waals surface area (Å²) >= 11 is 7.32. The summed E-state index contributed by atoms with van der Waals surface area (Å²) in [6.45, 7) is 3.90. The number of carbonyl (C=O) groups is 1. The van der Waals surface area contributed by atoms with Crippen molar-refractivity contribution in [1.82, 2.24) is 19.4 Å². The first-order valence-corrected chi connectivity index (χ1v) is 12.2. The number of anilines is 1. The molecule has 0 spiro atoms. The van der Waals surface area contributed by atoms with E-state index >= 15 is 0 Å². The van der Waals surface area contributed by atoms with Gasteiger partial charge >= 0.3 is 0 Å². The molecule has 0 radical (unpaired) electrons. The monoisotopic (exact) mass is 480 g/mol. The molecule has 2 aliphatic heterocycles. The minimum absolute atomic E-state index is 0.0472. The Labute approximate surface area is 201 Å². The number of amides is 1. The van der Waals surface area contributed by atoms with Gasteiger partial charge in [0.2, 0.25) is 10.7 Å². The third kappa shape index (κ3) is 4.93. The molecule has 1 fully saturated rings. The molecule has 3 aromatic rings. The smallest absolute Gasteiger partial charge is 0.237 e. The Balaban J connectivity index is 1.49. The van der Waals surface area contributed by atoms with Crippen molar-refractivity contribution >= 4 is 41.8 Å². The molecule has 5 rings (SSSR count). The van der Waals surface area contributed by atoms with Gasteiger partial charge in [0.15, 0.2) is 5.82 Å². The van der Waals surface area contributed by atoms with Crippen molar-refractivity contribution in [2.45, 2.75) is 18.1 Å². The van der Waals surface area contributed by atoms with Gasteiger partial charge in [0.25, 0.3) is 0 Å². The minimum Gasteiger partial charge on any atom is -0.379 e. The maximum atomic E-state index is 12.8. The van der Waals surface area contributed by atoms with E-state index in [-0.39, 0.29) is 5.91 Å². The second-order valence-corrected chi connectivity index (χ2v) is 9.16. The summed E-state index contributed by atoms with van der Waals surface area (Å²) in [5, 5.41) is 9.45. The summed E-state index contributed by atoms with van der Waals surface area (Å²) in [6.07, 6.45) is 1.77. The zero-order chi connectivity index (χ0) is 22.6. The molecule has 0 bridgehead atoms. The zero-order valence-corrected chi connectivity index (χ0v) is 19.7. The molecule has 0 aliphatic carbocycles. The van der Waals surface area contributed by atoms with Crippen LogP contribution in [0.2, 0.25) is 0 Å². The van der Waals surface area contributed by atoms with Crippen LogP contribution in [0.4, 0.5) is 5.69 Å². The van der Waals surface area contributed by atoms with Crippen LogP contribution in [0.3, 0.4) is 0 Å². The fourth-order valence-corrected chi connectivity index (χ4v) is 5.00. The fourth-order valence-electron chi connectivity index (χ4n) is 3.82. The average Bonchev–Trinajstić information content (AvgIpc) is 3.14. The van der Waals surface area contributed by atoms with Crippen LogP contribution in [0.5, 0.6) is 0 Å². The van der Waals surface area contributed by atoms with Crippen LogP contribution < -0.4 is 4.90 Å². The second kappa shape index (κ2) is 10.0. The Kier molecular flexibility index (Phi) is 6.68. The Morgan fingerprint density at radius 1 is 1.09 bits per heavy atom. The van der Waals surface area contributed by atoms with E-state index < -0.39 is 0 Å². The number of hydrogen-bond acceptors (Lipinski definition) is 7. The lowest BCUT2D eigenvalue weighted by atomic mass is 10.2. The quantitative estimate of drug-likeness (QED) is 0.399. The van der Waals surface area contributed by atoms with Crippen LogP contribution in [-0.2, 0) is 22.7 Å². The SMILES string of the molecule is O=C1CSc2ccccc2N1Cc1nn(CN2CCOCC2)c(=S)n1/N=C/c1ccccc1. The number of benzene rings is 2. The molecule has 0 N–H and O–H groups in total. The average molecular weight is 481 g/mol. The number of para-hydroxylation sites is 1. The second-order valence-electron chi connectivity index (χ2n) is 7.77. The van der Waals surface area contributed by atoms with Crippen molar-refractivity contribution in [2.75, 3.05) is 37.0 Å². The van der Waals surface area contributed by atoms with E-state index in [1.165, 1.54) is 0 Å². The minimum atomic E-state index is 0.0472. The van der Waals surface area contributed by atoms with Gasteiger partial charge < -0.3 is 9.64 Å². The number of thioether (sulfide) groups is 1. The van der Waals surface area contributed by atoms with Crippen LogP contribution >= 0.6 is 24.0 Å². The van der Waals surface area contributed by atoms with Crippen LogP contribution in [-0.4, -0.2) is 63.5 Å². The van der Waals surface area contributed by atoms with E-state index in [9.17, 15) is 4.79 Å². The number of ether oxygens (including phenoxy) is 1. The molecule has 2 aromatic carbocycles. The molecule has 0 atom stereocenters. The molecular formula is C23H24N6O2S2. The molecule has 10 heteroatoms. The van der Waals surface area contributed by atoms with Crippen molar-refractivity contribution in [2.24, 2.45) is 5.10 Å². The van der Waals surface area contributed by atoms with Crippen molar-refractivity contribution in [3.05, 3.63) is 70.8 Å². The van der Waals surface area contributed by atoms with Crippen LogP contribution in [0.1, 0.15) is 11.4 Å². The number of hydrogen-bond donors (Lipinski definition) is 0. The number of aromatic nitrogens is 3. The topological polar surface area (TPSA) is 67.9 Å². The number of morpholine rings is 1. The lowest BCUT2D eigenvalue weighted by molar-refractivity contribution is -0.116. The summed E-state index contributed by atoms with van der Waals surface area (Å²) < 4.78 is 9.41. The predicted molar refractivity (Wildman–Crippen MR) is 131 cm³/mol. The van der Waals surface area contributed by atoms with Crippen LogP contribution in [0.15, 0.2) is 64.6 Å². The van der Waals surface area contributed by atoms with E-state index in [0.717, 1.165) is 29.2 Å². The Morgan fingerprint density at radius 2 is 1.85 bits per heavy atom. The summed E-state index contributed by atoms with van der Waals surface area (Å²) in [5.41, 5.74) is 1.85. The third-order valence-electron chi connectivity index (χ3n) is 5.55. The standard InChI is InChI=1S/C23H24N6O2S2/c30-22-16-33-20-9-5-4-8-19(20)27(22)15-21-25-28(17-26-10-12-31-13-11-26)23(32)29(21)24-14-18-6-2-1-3-7-18/h1-9,14H,10-13,15-17H2/b24-14+. The highest BCUT2D eigenvalue weighted by Gasteiger charge is 2.27. The highest BCUT2D eigenvalue weighted by atomic mass is 32.2. The van der Waals surface area contributed by atoms with Gasteiger partial charge in [-0.1, -0.05) is 42.5 Å². The van der Waals surface area contributed by atoms with Crippen LogP contribution in [0.25, 0.3) is 0 Å². The van der Waals surface area contributed by atoms with E-state index in [4.69, 9.17) is 22.1 Å². The van der Waals surface area contributed by atoms with E-state index in [1.54, 1.807) is 32.2 Å². The lowest BCUT2D eigenvalue weighted by Gasteiger charge is -2.28. The molecule has 170 valence electrons. The normalized spacial score (nSPS) is 17.0. The first-order chi connectivity index (χ1) is 16.2. The molecule has 0 saturated carbocycles. The first kappa shape index (κ1) is 22.0. The van der Waals surface area contributed by atoms with Gasteiger partial charge in [0.1, 0.15) is 0 Å². The molecule has 2 aliphatic rings. The maximum Gasteiger partial charge on any atom is 0.237 e. The largest absolute Gasteiger partial charge is 0.379 e. The van der Waals surface area contributed by atoms with Gasteiger partial charge in [0, 0.05) is 18.0 Å². The molecule has 1 aromatic heterocycles. The Morgan fingerprint density at radius 3 is 2.67 bits per heavy atom. The Bertz CT molecular complexity index is 1220. The first-order valence-electron chi connectivity index (χ1n) is 10.8. The van der Waals surface area contributed by atoms with Crippen molar-refractivity contribution in [3.63, 3.8) is 0 Å². The molecule has 8 nitrogen and oxygen atoms in total. The number of carbonyl (C=O) groups excluding carboxylic acids is 1. The van der Waals surface area contributed by atoms with Gasteiger partial charge in [-0.2, -0.15) is 14.9 Å². The molecular weight excluding hydrogens is 456 g/mol. The van der Waals surface area contributed by atoms with Gasteiger partial charge in [-0.3, -0.25) is 9.69 Å². The van der Waals surface area contributed by atoms with Crippen molar-refractivity contribution in [3.8, 4) is 0 Å². The molecule has 0 unspecified atom stereocenters. The summed E-state index contributed by atoms with van der Waals surface area (Å²) in [4.78, 5) is 17.9. The van der Waals surface area contributed by atoms with E-state index in [1.807, 2.05) is 54.6 Å². The van der Waals surface area contributed by atoms with E-state index in [0.29, 0.717) is 42.8 Å². The third-order valence-corrected chi connectivity index (χ3v) is 6.98. The highest BCUT2D eigenvalue weighted by Crippen LogP contribution is 2.35. The molecule has 1 amide bonds. The Hall–Kier alpha value is -2.79. The van der Waals surface area contributed by atoms with Gasteiger partial charge in [-0.25, -0.2) is 4.68 Å². The number of nitrogens with zero attached hydrogens (tertiary/aromatic N) is 6. The van der Waals surface area contributed by atoms with Gasteiger partial charge in [-0.05, 0) is 29.9 Å². The number of rotatable bonds is 6. The van der Waals surface area contributed by atoms with Gasteiger partial charge in [0.05, 0.1) is 44.1 Å². The zero-order valence-electron chi connectivity index (χ0n) is 18.0. The summed E-state index contributed by atoms with van der Waals surface area (Å²) in [7, 11) is 0. The molecule has 33 heavy (non-hydrogen) atoms. The highest BCUT2D eigenvalue weighted by molar-refractivity contribution is 8.00. The summed E-state index contributed by atoms with van der Waals surface area (Å²) in [6, 6.07) is 17.8. The molecule has 3 heterocycles. The lowest BCUT2D eigenvalue weighted by Crippen LogP contribution is -2.38. The van der Waals surface area contributed by atoms with E-state index in [2.05, 4.69) is 10.0 Å². The maximum absolute atomic E-state index is 12.8. The van der Waals surface area contributed by atoms with Crippen LogP contribution in [0, 0.1) is 4.77 Å². The predicted octanol–water partition coefficient (Wildman–Crippen LogP) is 3.22. The molecule has 1 saturated heterocycles. The summed E-state index contributed by atoms with van der Waals surface area (Å²) in [5.74, 6) is 1.07. The van der Waals surface area contributed by atoms with Crippen molar-refractivity contribution in [1.29, 1.82) is 0 Å². The van der Waals surface area contributed by atoms with Crippen molar-refractivity contribution < 1.29 is 9.53 Å². The number of fused-ring (bicyclic) bond motifs is 1. The van der Waals surface area contributed by atoms with Gasteiger partial charge in [-0.15, -0.1) is 11.8 Å².